The highest BCUT2D eigenvalue weighted by atomic mass is 35.5. The molecule has 5 nitrogen and oxygen atoms in total. The minimum Gasteiger partial charge on any atom is -0.472 e. The zero-order chi connectivity index (χ0) is 14.5. The van der Waals surface area contributed by atoms with Gasteiger partial charge >= 0.3 is 0 Å². The van der Waals surface area contributed by atoms with Crippen LogP contribution in [-0.4, -0.2) is 20.4 Å². The van der Waals surface area contributed by atoms with Crippen LogP contribution in [0.3, 0.4) is 0 Å². The van der Waals surface area contributed by atoms with Crippen LogP contribution in [0.5, 0.6) is 5.88 Å². The highest BCUT2D eigenvalue weighted by Gasteiger charge is 2.13. The second-order valence-electron chi connectivity index (χ2n) is 3.84. The van der Waals surface area contributed by atoms with E-state index in [0.29, 0.717) is 21.5 Å². The summed E-state index contributed by atoms with van der Waals surface area (Å²) >= 11 is 5.56. The Bertz CT molecular complexity index is 698. The molecule has 20 heavy (non-hydrogen) atoms. The molecule has 2 rings (SSSR count). The Kier molecular flexibility index (Phi) is 4.28. The van der Waals surface area contributed by atoms with Crippen molar-refractivity contribution >= 4 is 16.8 Å². The lowest BCUT2D eigenvalue weighted by atomic mass is 10.0. The molecule has 102 valence electrons. The number of aromatic nitrogens is 2. The number of rotatable bonds is 4. The summed E-state index contributed by atoms with van der Waals surface area (Å²) in [6.07, 6.45) is 1.33. The zero-order valence-corrected chi connectivity index (χ0v) is 11.4. The fraction of sp³-hybridized carbons (Fsp3) is 0.143. The Balaban J connectivity index is 2.31. The van der Waals surface area contributed by atoms with Gasteiger partial charge in [-0.25, -0.2) is 0 Å². The number of carbonyl (C=O) groups is 1. The average Bonchev–Trinajstić information content (AvgIpc) is 2.83. The van der Waals surface area contributed by atoms with Gasteiger partial charge in [0.05, 0.1) is 6.20 Å². The van der Waals surface area contributed by atoms with Crippen LogP contribution in [0, 0.1) is 11.8 Å². The second kappa shape index (κ2) is 6.13. The molecule has 0 saturated heterocycles. The molecule has 0 aliphatic rings. The van der Waals surface area contributed by atoms with Gasteiger partial charge in [-0.1, -0.05) is 17.1 Å². The molecule has 6 heteroatoms. The van der Waals surface area contributed by atoms with Crippen molar-refractivity contribution in [1.29, 1.82) is 0 Å². The molecule has 1 heterocycles. The van der Waals surface area contributed by atoms with E-state index in [0.717, 1.165) is 0 Å². The summed E-state index contributed by atoms with van der Waals surface area (Å²) in [6, 6.07) is 6.60. The van der Waals surface area contributed by atoms with E-state index in [1.165, 1.54) is 12.3 Å². The van der Waals surface area contributed by atoms with Crippen molar-refractivity contribution in [2.24, 2.45) is 0 Å². The van der Waals surface area contributed by atoms with Crippen molar-refractivity contribution in [2.45, 2.75) is 13.5 Å². The van der Waals surface area contributed by atoms with Crippen molar-refractivity contribution in [3.8, 4) is 17.7 Å². The predicted molar refractivity (Wildman–Crippen MR) is 72.9 cm³/mol. The van der Waals surface area contributed by atoms with Gasteiger partial charge in [0.1, 0.15) is 6.61 Å². The first-order valence-electron chi connectivity index (χ1n) is 5.74. The lowest BCUT2D eigenvalue weighted by molar-refractivity contribution is 0.107. The fourth-order valence-electron chi connectivity index (χ4n) is 1.70. The lowest BCUT2D eigenvalue weighted by Crippen LogP contribution is -2.06. The molecular formula is C14H11ClN2O3. The number of ether oxygens (including phenoxy) is 1. The molecule has 0 radical (unpaired) electrons. The number of halogens is 1. The van der Waals surface area contributed by atoms with Crippen molar-refractivity contribution < 1.29 is 14.7 Å². The Morgan fingerprint density at radius 3 is 2.90 bits per heavy atom. The van der Waals surface area contributed by atoms with Gasteiger partial charge in [0.2, 0.25) is 5.88 Å². The number of hydrogen-bond acceptors (Lipinski definition) is 4. The molecule has 0 spiro atoms. The SMILES string of the molecule is CC#Cc1cccc(C(=O)Cl)c1COc1ccn(O)n1. The summed E-state index contributed by atoms with van der Waals surface area (Å²) in [5, 5.41) is 12.2. The molecule has 0 bridgehead atoms. The number of hydrogen-bond donors (Lipinski definition) is 1. The Hall–Kier alpha value is -2.45. The van der Waals surface area contributed by atoms with Crippen molar-refractivity contribution in [3.63, 3.8) is 0 Å². The zero-order valence-electron chi connectivity index (χ0n) is 10.6. The fourth-order valence-corrected chi connectivity index (χ4v) is 1.88. The minimum atomic E-state index is -0.573. The maximum atomic E-state index is 11.4. The Labute approximate surface area is 120 Å². The van der Waals surface area contributed by atoms with Gasteiger partial charge < -0.3 is 9.94 Å². The molecule has 1 N–H and O–H groups in total. The smallest absolute Gasteiger partial charge is 0.252 e. The van der Waals surface area contributed by atoms with Crippen LogP contribution in [0.2, 0.25) is 0 Å². The topological polar surface area (TPSA) is 64.3 Å². The Morgan fingerprint density at radius 2 is 2.30 bits per heavy atom. The predicted octanol–water partition coefficient (Wildman–Crippen LogP) is 2.45. The normalized spacial score (nSPS) is 9.70. The van der Waals surface area contributed by atoms with Crippen LogP contribution in [0.1, 0.15) is 28.4 Å². The van der Waals surface area contributed by atoms with Crippen molar-refractivity contribution in [1.82, 2.24) is 9.94 Å². The number of benzene rings is 1. The molecule has 0 saturated carbocycles. The monoisotopic (exact) mass is 290 g/mol. The average molecular weight is 291 g/mol. The van der Waals surface area contributed by atoms with Crippen molar-refractivity contribution in [3.05, 3.63) is 47.2 Å². The van der Waals surface area contributed by atoms with E-state index in [-0.39, 0.29) is 12.5 Å². The summed E-state index contributed by atoms with van der Waals surface area (Å²) in [4.78, 5) is 12.1. The maximum Gasteiger partial charge on any atom is 0.252 e. The third kappa shape index (κ3) is 3.11. The quantitative estimate of drug-likeness (QED) is 0.534. The summed E-state index contributed by atoms with van der Waals surface area (Å²) in [6.45, 7) is 1.78. The van der Waals surface area contributed by atoms with E-state index in [9.17, 15) is 4.79 Å². The lowest BCUT2D eigenvalue weighted by Gasteiger charge is -2.09. The summed E-state index contributed by atoms with van der Waals surface area (Å²) in [5.41, 5.74) is 1.60. The van der Waals surface area contributed by atoms with E-state index in [1.54, 1.807) is 25.1 Å². The summed E-state index contributed by atoms with van der Waals surface area (Å²) in [7, 11) is 0. The van der Waals surface area contributed by atoms with E-state index in [1.807, 2.05) is 0 Å². The van der Waals surface area contributed by atoms with Crippen LogP contribution >= 0.6 is 11.6 Å². The molecule has 0 fully saturated rings. The third-order valence-electron chi connectivity index (χ3n) is 2.56. The van der Waals surface area contributed by atoms with Gasteiger partial charge in [-0.05, 0) is 30.7 Å². The molecular weight excluding hydrogens is 280 g/mol. The number of carbonyl (C=O) groups excluding carboxylic acids is 1. The van der Waals surface area contributed by atoms with Gasteiger partial charge in [-0.3, -0.25) is 4.79 Å². The Morgan fingerprint density at radius 1 is 1.50 bits per heavy atom. The molecule has 2 aromatic rings. The minimum absolute atomic E-state index is 0.0790. The molecule has 0 amide bonds. The van der Waals surface area contributed by atoms with Crippen molar-refractivity contribution in [2.75, 3.05) is 0 Å². The van der Waals surface area contributed by atoms with Crippen LogP contribution in [0.25, 0.3) is 0 Å². The number of nitrogens with zero attached hydrogens (tertiary/aromatic N) is 2. The molecule has 0 unspecified atom stereocenters. The molecule has 0 aliphatic carbocycles. The third-order valence-corrected chi connectivity index (χ3v) is 2.77. The first kappa shape index (κ1) is 14.0. The molecule has 0 atom stereocenters. The summed E-state index contributed by atoms with van der Waals surface area (Å²) < 4.78 is 5.42. The molecule has 1 aromatic carbocycles. The van der Waals surface area contributed by atoms with E-state index in [2.05, 4.69) is 16.9 Å². The van der Waals surface area contributed by atoms with Gasteiger partial charge in [0, 0.05) is 22.8 Å². The van der Waals surface area contributed by atoms with E-state index in [4.69, 9.17) is 21.5 Å². The highest BCUT2D eigenvalue weighted by molar-refractivity contribution is 6.67. The van der Waals surface area contributed by atoms with Gasteiger partial charge in [0.15, 0.2) is 0 Å². The standard InChI is InChI=1S/C14H11ClN2O3/c1-2-4-10-5-3-6-11(14(15)18)12(10)9-20-13-7-8-17(19)16-13/h3,5-8,19H,9H2,1H3. The van der Waals surface area contributed by atoms with Crippen LogP contribution in [0.15, 0.2) is 30.5 Å². The first-order chi connectivity index (χ1) is 9.61. The summed E-state index contributed by atoms with van der Waals surface area (Å²) in [5.74, 6) is 5.91. The maximum absolute atomic E-state index is 11.4. The van der Waals surface area contributed by atoms with Gasteiger partial charge in [0.25, 0.3) is 5.24 Å². The van der Waals surface area contributed by atoms with E-state index < -0.39 is 5.24 Å². The first-order valence-corrected chi connectivity index (χ1v) is 6.12. The van der Waals surface area contributed by atoms with E-state index >= 15 is 0 Å². The van der Waals surface area contributed by atoms with Crippen LogP contribution < -0.4 is 4.74 Å². The molecule has 1 aromatic heterocycles. The van der Waals surface area contributed by atoms with Gasteiger partial charge in [-0.2, -0.15) is 0 Å². The highest BCUT2D eigenvalue weighted by Crippen LogP contribution is 2.19. The second-order valence-corrected chi connectivity index (χ2v) is 4.19. The van der Waals surface area contributed by atoms with Crippen LogP contribution in [0.4, 0.5) is 0 Å². The largest absolute Gasteiger partial charge is 0.472 e. The van der Waals surface area contributed by atoms with Crippen LogP contribution in [-0.2, 0) is 6.61 Å². The molecule has 0 aliphatic heterocycles. The van der Waals surface area contributed by atoms with Gasteiger partial charge in [-0.15, -0.1) is 10.8 Å².